The fourth-order valence-corrected chi connectivity index (χ4v) is 2.29. The standard InChI is InChI=1S/C13H11Cl3N2/c1-17-13(11-6-5-8(14)7-18-11)9-3-2-4-10(15)12(9)16/h2-7,13,17H,1H3. The van der Waals surface area contributed by atoms with Crippen molar-refractivity contribution < 1.29 is 0 Å². The highest BCUT2D eigenvalue weighted by Gasteiger charge is 2.17. The van der Waals surface area contributed by atoms with Crippen molar-refractivity contribution in [1.29, 1.82) is 0 Å². The highest BCUT2D eigenvalue weighted by Crippen LogP contribution is 2.32. The molecule has 5 heteroatoms. The van der Waals surface area contributed by atoms with Gasteiger partial charge in [-0.15, -0.1) is 0 Å². The van der Waals surface area contributed by atoms with Gasteiger partial charge < -0.3 is 5.32 Å². The van der Waals surface area contributed by atoms with Crippen LogP contribution in [-0.2, 0) is 0 Å². The summed E-state index contributed by atoms with van der Waals surface area (Å²) in [6.45, 7) is 0. The van der Waals surface area contributed by atoms with Crippen molar-refractivity contribution in [2.24, 2.45) is 0 Å². The Kier molecular flexibility index (Phi) is 4.46. The van der Waals surface area contributed by atoms with Crippen LogP contribution in [0.25, 0.3) is 0 Å². The SMILES string of the molecule is CNC(c1ccc(Cl)cn1)c1cccc(Cl)c1Cl. The monoisotopic (exact) mass is 300 g/mol. The van der Waals surface area contributed by atoms with Crippen LogP contribution >= 0.6 is 34.8 Å². The Morgan fingerprint density at radius 1 is 1.11 bits per heavy atom. The number of aromatic nitrogens is 1. The van der Waals surface area contributed by atoms with Crippen LogP contribution in [0.2, 0.25) is 15.1 Å². The predicted octanol–water partition coefficient (Wildman–Crippen LogP) is 4.35. The Balaban J connectivity index is 2.45. The van der Waals surface area contributed by atoms with Crippen LogP contribution in [0.3, 0.4) is 0 Å². The van der Waals surface area contributed by atoms with Gasteiger partial charge in [-0.2, -0.15) is 0 Å². The molecule has 2 aromatic rings. The number of hydrogen-bond donors (Lipinski definition) is 1. The Morgan fingerprint density at radius 2 is 1.89 bits per heavy atom. The molecule has 0 fully saturated rings. The topological polar surface area (TPSA) is 24.9 Å². The van der Waals surface area contributed by atoms with Crippen molar-refractivity contribution >= 4 is 34.8 Å². The zero-order chi connectivity index (χ0) is 13.1. The van der Waals surface area contributed by atoms with E-state index in [0.29, 0.717) is 15.1 Å². The summed E-state index contributed by atoms with van der Waals surface area (Å²) >= 11 is 18.1. The number of halogens is 3. The number of nitrogens with zero attached hydrogens (tertiary/aromatic N) is 1. The largest absolute Gasteiger partial charge is 0.308 e. The zero-order valence-electron chi connectivity index (χ0n) is 9.62. The van der Waals surface area contributed by atoms with Gasteiger partial charge in [-0.05, 0) is 30.8 Å². The van der Waals surface area contributed by atoms with Crippen molar-refractivity contribution in [3.05, 3.63) is 62.9 Å². The second kappa shape index (κ2) is 5.89. The van der Waals surface area contributed by atoms with Gasteiger partial charge in [0.2, 0.25) is 0 Å². The number of hydrogen-bond acceptors (Lipinski definition) is 2. The lowest BCUT2D eigenvalue weighted by Crippen LogP contribution is -2.19. The van der Waals surface area contributed by atoms with E-state index in [9.17, 15) is 0 Å². The van der Waals surface area contributed by atoms with Gasteiger partial charge in [-0.25, -0.2) is 0 Å². The van der Waals surface area contributed by atoms with Gasteiger partial charge in [-0.3, -0.25) is 4.98 Å². The van der Waals surface area contributed by atoms with E-state index in [1.807, 2.05) is 25.2 Å². The maximum Gasteiger partial charge on any atom is 0.0764 e. The highest BCUT2D eigenvalue weighted by atomic mass is 35.5. The summed E-state index contributed by atoms with van der Waals surface area (Å²) in [5, 5.41) is 4.84. The van der Waals surface area contributed by atoms with Crippen LogP contribution < -0.4 is 5.32 Å². The second-order valence-corrected chi connectivity index (χ2v) is 4.99. The Labute approximate surface area is 121 Å². The number of nitrogens with one attached hydrogen (secondary N) is 1. The molecule has 1 aromatic carbocycles. The Bertz CT molecular complexity index is 540. The molecule has 0 saturated heterocycles. The predicted molar refractivity (Wildman–Crippen MR) is 76.6 cm³/mol. The first-order chi connectivity index (χ1) is 8.63. The second-order valence-electron chi connectivity index (χ2n) is 3.77. The van der Waals surface area contributed by atoms with Gasteiger partial charge >= 0.3 is 0 Å². The first kappa shape index (κ1) is 13.6. The molecule has 1 heterocycles. The van der Waals surface area contributed by atoms with Crippen LogP contribution in [0, 0.1) is 0 Å². The molecule has 0 spiro atoms. The summed E-state index contributed by atoms with van der Waals surface area (Å²) < 4.78 is 0. The lowest BCUT2D eigenvalue weighted by molar-refractivity contribution is 0.671. The van der Waals surface area contributed by atoms with Crippen LogP contribution in [0.1, 0.15) is 17.3 Å². The summed E-state index contributed by atoms with van der Waals surface area (Å²) in [6, 6.07) is 9.09. The molecule has 1 aromatic heterocycles. The molecule has 1 N–H and O–H groups in total. The van der Waals surface area contributed by atoms with Gasteiger partial charge in [0.25, 0.3) is 0 Å². The minimum absolute atomic E-state index is 0.117. The molecule has 2 nitrogen and oxygen atoms in total. The molecular formula is C13H11Cl3N2. The van der Waals surface area contributed by atoms with E-state index in [1.165, 1.54) is 0 Å². The number of rotatable bonds is 3. The molecule has 0 aliphatic carbocycles. The van der Waals surface area contributed by atoms with E-state index < -0.39 is 0 Å². The molecule has 1 unspecified atom stereocenters. The summed E-state index contributed by atoms with van der Waals surface area (Å²) in [7, 11) is 1.85. The third-order valence-corrected chi connectivity index (χ3v) is 3.68. The van der Waals surface area contributed by atoms with E-state index in [0.717, 1.165) is 11.3 Å². The summed E-state index contributed by atoms with van der Waals surface area (Å²) in [5.74, 6) is 0. The van der Waals surface area contributed by atoms with E-state index in [2.05, 4.69) is 10.3 Å². The lowest BCUT2D eigenvalue weighted by atomic mass is 10.0. The molecule has 94 valence electrons. The molecule has 2 rings (SSSR count). The summed E-state index contributed by atoms with van der Waals surface area (Å²) in [5.41, 5.74) is 1.73. The van der Waals surface area contributed by atoms with Crippen LogP contribution in [-0.4, -0.2) is 12.0 Å². The van der Waals surface area contributed by atoms with Crippen LogP contribution in [0.5, 0.6) is 0 Å². The van der Waals surface area contributed by atoms with E-state index in [1.54, 1.807) is 18.3 Å². The Hall–Kier alpha value is -0.800. The third-order valence-electron chi connectivity index (χ3n) is 2.63. The number of benzene rings is 1. The first-order valence-corrected chi connectivity index (χ1v) is 6.49. The van der Waals surface area contributed by atoms with Crippen molar-refractivity contribution in [2.45, 2.75) is 6.04 Å². The zero-order valence-corrected chi connectivity index (χ0v) is 11.9. The minimum Gasteiger partial charge on any atom is -0.308 e. The van der Waals surface area contributed by atoms with Crippen molar-refractivity contribution in [3.8, 4) is 0 Å². The molecular weight excluding hydrogens is 291 g/mol. The van der Waals surface area contributed by atoms with Crippen molar-refractivity contribution in [1.82, 2.24) is 10.3 Å². The molecule has 0 bridgehead atoms. The lowest BCUT2D eigenvalue weighted by Gasteiger charge is -2.18. The molecule has 0 amide bonds. The third kappa shape index (κ3) is 2.78. The smallest absolute Gasteiger partial charge is 0.0764 e. The van der Waals surface area contributed by atoms with Gasteiger partial charge in [0.1, 0.15) is 0 Å². The van der Waals surface area contributed by atoms with Gasteiger partial charge in [0, 0.05) is 6.20 Å². The molecule has 1 atom stereocenters. The molecule has 0 radical (unpaired) electrons. The summed E-state index contributed by atoms with van der Waals surface area (Å²) in [4.78, 5) is 4.30. The molecule has 0 saturated carbocycles. The van der Waals surface area contributed by atoms with Gasteiger partial charge in [-0.1, -0.05) is 46.9 Å². The molecule has 18 heavy (non-hydrogen) atoms. The average molecular weight is 302 g/mol. The normalized spacial score (nSPS) is 12.4. The Morgan fingerprint density at radius 3 is 2.50 bits per heavy atom. The van der Waals surface area contributed by atoms with E-state index in [4.69, 9.17) is 34.8 Å². The van der Waals surface area contributed by atoms with E-state index >= 15 is 0 Å². The van der Waals surface area contributed by atoms with Crippen LogP contribution in [0.4, 0.5) is 0 Å². The first-order valence-electron chi connectivity index (χ1n) is 5.36. The van der Waals surface area contributed by atoms with Crippen molar-refractivity contribution in [2.75, 3.05) is 7.05 Å². The van der Waals surface area contributed by atoms with Gasteiger partial charge in [0.15, 0.2) is 0 Å². The molecule has 0 aliphatic rings. The molecule has 0 aliphatic heterocycles. The maximum atomic E-state index is 6.22. The average Bonchev–Trinajstić information content (AvgIpc) is 2.37. The summed E-state index contributed by atoms with van der Waals surface area (Å²) in [6.07, 6.45) is 1.61. The fraction of sp³-hybridized carbons (Fsp3) is 0.154. The van der Waals surface area contributed by atoms with Crippen molar-refractivity contribution in [3.63, 3.8) is 0 Å². The fourth-order valence-electron chi connectivity index (χ4n) is 1.76. The van der Waals surface area contributed by atoms with E-state index in [-0.39, 0.29) is 6.04 Å². The minimum atomic E-state index is -0.117. The number of pyridine rings is 1. The van der Waals surface area contributed by atoms with Gasteiger partial charge in [0.05, 0.1) is 26.8 Å². The quantitative estimate of drug-likeness (QED) is 0.911. The van der Waals surface area contributed by atoms with Crippen LogP contribution in [0.15, 0.2) is 36.5 Å². The highest BCUT2D eigenvalue weighted by molar-refractivity contribution is 6.42. The maximum absolute atomic E-state index is 6.22.